The molecule has 104 valence electrons. The topological polar surface area (TPSA) is 91.3 Å². The first-order valence-electron chi connectivity index (χ1n) is 6.05. The molecule has 0 radical (unpaired) electrons. The molecule has 20 heavy (non-hydrogen) atoms. The fraction of sp³-hybridized carbons (Fsp3) is 0.214. The summed E-state index contributed by atoms with van der Waals surface area (Å²) in [4.78, 5) is 14.7. The van der Waals surface area contributed by atoms with Gasteiger partial charge in [-0.15, -0.1) is 0 Å². The fourth-order valence-electron chi connectivity index (χ4n) is 1.80. The molecule has 0 bridgehead atoms. The summed E-state index contributed by atoms with van der Waals surface area (Å²) in [6.45, 7) is 5.22. The summed E-state index contributed by atoms with van der Waals surface area (Å²) in [5.41, 5.74) is 8.27. The van der Waals surface area contributed by atoms with Crippen LogP contribution in [-0.2, 0) is 0 Å². The lowest BCUT2D eigenvalue weighted by Gasteiger charge is -2.10. The highest BCUT2D eigenvalue weighted by Gasteiger charge is 2.14. The zero-order valence-electron chi connectivity index (χ0n) is 11.5. The molecule has 6 nitrogen and oxygen atoms in total. The maximum absolute atomic E-state index is 10.9. The van der Waals surface area contributed by atoms with Gasteiger partial charge in [0.2, 0.25) is 5.88 Å². The molecular weight excluding hydrogens is 258 g/mol. The first-order chi connectivity index (χ1) is 9.38. The molecular formula is C14H15N3O3. The fourth-order valence-corrected chi connectivity index (χ4v) is 1.80. The average molecular weight is 273 g/mol. The number of aryl methyl sites for hydroxylation is 3. The Morgan fingerprint density at radius 2 is 1.90 bits per heavy atom. The Labute approximate surface area is 116 Å². The van der Waals surface area contributed by atoms with Gasteiger partial charge in [0.25, 0.3) is 5.69 Å². The van der Waals surface area contributed by atoms with Gasteiger partial charge < -0.3 is 10.5 Å². The molecule has 2 rings (SSSR count). The lowest BCUT2D eigenvalue weighted by atomic mass is 10.1. The lowest BCUT2D eigenvalue weighted by molar-refractivity contribution is -0.385. The van der Waals surface area contributed by atoms with E-state index in [1.165, 1.54) is 6.07 Å². The van der Waals surface area contributed by atoms with Crippen LogP contribution in [-0.4, -0.2) is 9.91 Å². The van der Waals surface area contributed by atoms with Crippen LogP contribution in [0.15, 0.2) is 24.3 Å². The van der Waals surface area contributed by atoms with Crippen molar-refractivity contribution >= 4 is 11.4 Å². The summed E-state index contributed by atoms with van der Waals surface area (Å²) in [5, 5.41) is 10.9. The van der Waals surface area contributed by atoms with Crippen LogP contribution in [0.5, 0.6) is 11.6 Å². The summed E-state index contributed by atoms with van der Waals surface area (Å²) in [7, 11) is 0. The molecule has 0 saturated heterocycles. The number of hydrogen-bond acceptors (Lipinski definition) is 5. The second-order valence-electron chi connectivity index (χ2n) is 4.59. The molecule has 1 heterocycles. The Balaban J connectivity index is 2.36. The lowest BCUT2D eigenvalue weighted by Crippen LogP contribution is -1.98. The van der Waals surface area contributed by atoms with E-state index in [1.807, 2.05) is 0 Å². The molecule has 2 N–H and O–H groups in total. The minimum atomic E-state index is -0.405. The van der Waals surface area contributed by atoms with E-state index in [4.69, 9.17) is 10.5 Å². The van der Waals surface area contributed by atoms with Gasteiger partial charge in [0, 0.05) is 17.7 Å². The third kappa shape index (κ3) is 2.69. The van der Waals surface area contributed by atoms with Crippen LogP contribution >= 0.6 is 0 Å². The van der Waals surface area contributed by atoms with Crippen molar-refractivity contribution in [3.05, 3.63) is 51.2 Å². The summed E-state index contributed by atoms with van der Waals surface area (Å²) in [6, 6.07) is 6.51. The summed E-state index contributed by atoms with van der Waals surface area (Å²) in [6.07, 6.45) is 0. The highest BCUT2D eigenvalue weighted by Crippen LogP contribution is 2.30. The Hall–Kier alpha value is -2.63. The summed E-state index contributed by atoms with van der Waals surface area (Å²) in [5.74, 6) is 0.956. The third-order valence-electron chi connectivity index (χ3n) is 3.01. The van der Waals surface area contributed by atoms with E-state index < -0.39 is 4.92 Å². The summed E-state index contributed by atoms with van der Waals surface area (Å²) >= 11 is 0. The predicted molar refractivity (Wildman–Crippen MR) is 76.0 cm³/mol. The quantitative estimate of drug-likeness (QED) is 0.684. The minimum Gasteiger partial charge on any atom is -0.439 e. The van der Waals surface area contributed by atoms with Gasteiger partial charge in [0.15, 0.2) is 0 Å². The van der Waals surface area contributed by atoms with Crippen molar-refractivity contribution in [2.24, 2.45) is 0 Å². The number of pyridine rings is 1. The summed E-state index contributed by atoms with van der Waals surface area (Å²) < 4.78 is 5.67. The monoisotopic (exact) mass is 273 g/mol. The van der Waals surface area contributed by atoms with Gasteiger partial charge in [0.1, 0.15) is 5.75 Å². The van der Waals surface area contributed by atoms with Crippen LogP contribution in [0.4, 0.5) is 11.4 Å². The maximum Gasteiger partial charge on any atom is 0.272 e. The van der Waals surface area contributed by atoms with Crippen LogP contribution in [0.3, 0.4) is 0 Å². The third-order valence-corrected chi connectivity index (χ3v) is 3.01. The zero-order valence-corrected chi connectivity index (χ0v) is 11.5. The largest absolute Gasteiger partial charge is 0.439 e. The van der Waals surface area contributed by atoms with E-state index in [1.54, 1.807) is 39.0 Å². The molecule has 0 aliphatic rings. The van der Waals surface area contributed by atoms with E-state index in [2.05, 4.69) is 4.98 Å². The number of aromatic nitrogens is 1. The number of nitro groups is 1. The van der Waals surface area contributed by atoms with Crippen molar-refractivity contribution in [2.45, 2.75) is 20.8 Å². The normalized spacial score (nSPS) is 10.3. The Kier molecular flexibility index (Phi) is 3.56. The number of rotatable bonds is 3. The number of benzene rings is 1. The molecule has 1 aromatic carbocycles. The molecule has 0 spiro atoms. The predicted octanol–water partition coefficient (Wildman–Crippen LogP) is 3.29. The number of ether oxygens (including phenoxy) is 1. The number of anilines is 1. The molecule has 2 aromatic rings. The van der Waals surface area contributed by atoms with Crippen molar-refractivity contribution in [3.63, 3.8) is 0 Å². The number of nitrogens with two attached hydrogens (primary N) is 1. The first-order valence-corrected chi connectivity index (χ1v) is 6.05. The van der Waals surface area contributed by atoms with Crippen molar-refractivity contribution in [1.29, 1.82) is 0 Å². The van der Waals surface area contributed by atoms with E-state index in [0.29, 0.717) is 34.1 Å². The van der Waals surface area contributed by atoms with Gasteiger partial charge in [-0.05, 0) is 38.5 Å². The Morgan fingerprint density at radius 3 is 2.50 bits per heavy atom. The smallest absolute Gasteiger partial charge is 0.272 e. The standard InChI is InChI=1S/C14H15N3O3/c1-8-7-13(9(2)6-12(8)17(18)19)20-14-5-4-11(15)10(3)16-14/h4-7H,15H2,1-3H3. The van der Waals surface area contributed by atoms with Crippen LogP contribution in [0.25, 0.3) is 0 Å². The molecule has 0 amide bonds. The molecule has 0 aliphatic carbocycles. The second-order valence-corrected chi connectivity index (χ2v) is 4.59. The molecule has 6 heteroatoms. The highest BCUT2D eigenvalue weighted by atomic mass is 16.6. The van der Waals surface area contributed by atoms with E-state index in [9.17, 15) is 10.1 Å². The minimum absolute atomic E-state index is 0.0799. The number of nitrogens with zero attached hydrogens (tertiary/aromatic N) is 2. The van der Waals surface area contributed by atoms with Gasteiger partial charge in [-0.25, -0.2) is 4.98 Å². The van der Waals surface area contributed by atoms with Crippen LogP contribution < -0.4 is 10.5 Å². The molecule has 0 unspecified atom stereocenters. The number of nitrogen functional groups attached to an aromatic ring is 1. The molecule has 0 fully saturated rings. The Bertz CT molecular complexity index is 684. The highest BCUT2D eigenvalue weighted by molar-refractivity contribution is 5.51. The average Bonchev–Trinajstić information content (AvgIpc) is 2.37. The van der Waals surface area contributed by atoms with Gasteiger partial charge >= 0.3 is 0 Å². The van der Waals surface area contributed by atoms with E-state index in [0.717, 1.165) is 0 Å². The first kappa shape index (κ1) is 13.8. The van der Waals surface area contributed by atoms with Crippen molar-refractivity contribution in [3.8, 4) is 11.6 Å². The van der Waals surface area contributed by atoms with Gasteiger partial charge in [-0.2, -0.15) is 0 Å². The molecule has 0 atom stereocenters. The Morgan fingerprint density at radius 1 is 1.20 bits per heavy atom. The van der Waals surface area contributed by atoms with Gasteiger partial charge in [0.05, 0.1) is 16.3 Å². The SMILES string of the molecule is Cc1cc([N+](=O)[O-])c(C)cc1Oc1ccc(N)c(C)n1. The van der Waals surface area contributed by atoms with Crippen molar-refractivity contribution in [2.75, 3.05) is 5.73 Å². The zero-order chi connectivity index (χ0) is 14.9. The van der Waals surface area contributed by atoms with Crippen molar-refractivity contribution < 1.29 is 9.66 Å². The second kappa shape index (κ2) is 5.16. The molecule has 0 aliphatic heterocycles. The van der Waals surface area contributed by atoms with E-state index >= 15 is 0 Å². The van der Waals surface area contributed by atoms with Crippen molar-refractivity contribution in [1.82, 2.24) is 4.98 Å². The molecule has 1 aromatic heterocycles. The van der Waals surface area contributed by atoms with Gasteiger partial charge in [-0.3, -0.25) is 10.1 Å². The van der Waals surface area contributed by atoms with E-state index in [-0.39, 0.29) is 5.69 Å². The van der Waals surface area contributed by atoms with Crippen LogP contribution in [0.1, 0.15) is 16.8 Å². The number of hydrogen-bond donors (Lipinski definition) is 1. The molecule has 0 saturated carbocycles. The maximum atomic E-state index is 10.9. The van der Waals surface area contributed by atoms with Gasteiger partial charge in [-0.1, -0.05) is 0 Å². The number of nitro benzene ring substituents is 1. The van der Waals surface area contributed by atoms with Crippen LogP contribution in [0.2, 0.25) is 0 Å². The van der Waals surface area contributed by atoms with Crippen LogP contribution in [0, 0.1) is 30.9 Å².